The van der Waals surface area contributed by atoms with Gasteiger partial charge in [-0.05, 0) is 35.5 Å². The van der Waals surface area contributed by atoms with E-state index in [9.17, 15) is 9.90 Å². The predicted octanol–water partition coefficient (Wildman–Crippen LogP) is 3.10. The predicted molar refractivity (Wildman–Crippen MR) is 98.8 cm³/mol. The molecule has 1 aromatic carbocycles. The van der Waals surface area contributed by atoms with Gasteiger partial charge in [-0.3, -0.25) is 9.69 Å². The molecule has 9 heteroatoms. The van der Waals surface area contributed by atoms with E-state index in [0.29, 0.717) is 20.8 Å². The van der Waals surface area contributed by atoms with Gasteiger partial charge in [-0.25, -0.2) is 4.98 Å². The number of aromatic hydroxyl groups is 1. The molecule has 0 aliphatic carbocycles. The molecule has 130 valence electrons. The van der Waals surface area contributed by atoms with Gasteiger partial charge in [0.25, 0.3) is 5.91 Å². The number of carbonyl (C=O) groups excluding carboxylic acids is 1. The van der Waals surface area contributed by atoms with E-state index < -0.39 is 0 Å². The number of thiazole rings is 1. The van der Waals surface area contributed by atoms with Crippen molar-refractivity contribution in [2.24, 2.45) is 4.99 Å². The molecule has 0 unspecified atom stereocenters. The zero-order chi connectivity index (χ0) is 18.0. The largest absolute Gasteiger partial charge is 0.502 e. The first-order valence-corrected chi connectivity index (χ1v) is 8.84. The highest BCUT2D eigenvalue weighted by Gasteiger charge is 2.30. The number of thioether (sulfide) groups is 1. The van der Waals surface area contributed by atoms with Crippen molar-refractivity contribution >= 4 is 45.4 Å². The minimum absolute atomic E-state index is 0.0827. The van der Waals surface area contributed by atoms with E-state index >= 15 is 0 Å². The van der Waals surface area contributed by atoms with Gasteiger partial charge in [0.15, 0.2) is 16.7 Å². The van der Waals surface area contributed by atoms with Gasteiger partial charge in [0, 0.05) is 18.6 Å². The van der Waals surface area contributed by atoms with Crippen LogP contribution < -0.4 is 9.47 Å². The van der Waals surface area contributed by atoms with E-state index in [2.05, 4.69) is 9.98 Å². The zero-order valence-electron chi connectivity index (χ0n) is 13.7. The normalized spacial score (nSPS) is 17.6. The van der Waals surface area contributed by atoms with Crippen molar-refractivity contribution in [2.75, 3.05) is 21.3 Å². The summed E-state index contributed by atoms with van der Waals surface area (Å²) in [6.07, 6.45) is 3.37. The Morgan fingerprint density at radius 1 is 1.28 bits per heavy atom. The number of hydrogen-bond acceptors (Lipinski definition) is 8. The second kappa shape index (κ2) is 7.16. The van der Waals surface area contributed by atoms with E-state index in [1.807, 2.05) is 5.38 Å². The number of phenols is 1. The molecule has 0 spiro atoms. The lowest BCUT2D eigenvalue weighted by Gasteiger charge is -2.09. The van der Waals surface area contributed by atoms with Gasteiger partial charge in [0.05, 0.1) is 19.1 Å². The van der Waals surface area contributed by atoms with Crippen LogP contribution in [0.5, 0.6) is 17.2 Å². The number of benzene rings is 1. The lowest BCUT2D eigenvalue weighted by atomic mass is 10.1. The summed E-state index contributed by atoms with van der Waals surface area (Å²) < 4.78 is 10.3. The van der Waals surface area contributed by atoms with E-state index in [1.54, 1.807) is 31.5 Å². The fourth-order valence-corrected chi connectivity index (χ4v) is 3.68. The Hall–Kier alpha value is -2.52. The number of methoxy groups -OCH3 is 2. The van der Waals surface area contributed by atoms with Crippen molar-refractivity contribution in [2.45, 2.75) is 0 Å². The van der Waals surface area contributed by atoms with Crippen molar-refractivity contribution in [3.63, 3.8) is 0 Å². The Labute approximate surface area is 152 Å². The Kier molecular flexibility index (Phi) is 4.95. The third-order valence-corrected chi connectivity index (χ3v) is 5.14. The molecule has 1 amide bonds. The maximum absolute atomic E-state index is 12.5. The van der Waals surface area contributed by atoms with Crippen LogP contribution in [0.3, 0.4) is 0 Å². The van der Waals surface area contributed by atoms with E-state index in [-0.39, 0.29) is 23.2 Å². The second-order valence-corrected chi connectivity index (χ2v) is 6.84. The smallest absolute Gasteiger partial charge is 0.266 e. The Bertz CT molecular complexity index is 837. The van der Waals surface area contributed by atoms with Gasteiger partial charge in [-0.15, -0.1) is 11.3 Å². The summed E-state index contributed by atoms with van der Waals surface area (Å²) in [6.45, 7) is 0. The maximum atomic E-state index is 12.5. The van der Waals surface area contributed by atoms with Crippen molar-refractivity contribution < 1.29 is 19.4 Å². The highest BCUT2D eigenvalue weighted by molar-refractivity contribution is 8.18. The Balaban J connectivity index is 1.95. The molecular formula is C16H15N3O4S2. The van der Waals surface area contributed by atoms with E-state index in [0.717, 1.165) is 0 Å². The van der Waals surface area contributed by atoms with Crippen LogP contribution in [-0.2, 0) is 4.79 Å². The summed E-state index contributed by atoms with van der Waals surface area (Å²) in [6, 6.07) is 3.27. The van der Waals surface area contributed by atoms with Crippen molar-refractivity contribution in [3.8, 4) is 17.2 Å². The van der Waals surface area contributed by atoms with Crippen LogP contribution in [0, 0.1) is 0 Å². The molecule has 25 heavy (non-hydrogen) atoms. The summed E-state index contributed by atoms with van der Waals surface area (Å²) in [5.74, 6) is 0.297. The zero-order valence-corrected chi connectivity index (χ0v) is 15.3. The monoisotopic (exact) mass is 377 g/mol. The summed E-state index contributed by atoms with van der Waals surface area (Å²) >= 11 is 2.66. The summed E-state index contributed by atoms with van der Waals surface area (Å²) in [5.41, 5.74) is 0.672. The standard InChI is InChI=1S/C16H15N3O4S2/c1-19-14(21)12(25-16(19)18-15-17-4-5-24-15)8-9-6-10(22-2)13(20)11(7-9)23-3/h4-8,20H,1-3H3/b12-8-,18-16+. The average Bonchev–Trinajstić information content (AvgIpc) is 3.21. The van der Waals surface area contributed by atoms with Gasteiger partial charge >= 0.3 is 0 Å². The van der Waals surface area contributed by atoms with Gasteiger partial charge in [-0.1, -0.05) is 0 Å². The Morgan fingerprint density at radius 3 is 2.52 bits per heavy atom. The quantitative estimate of drug-likeness (QED) is 0.824. The second-order valence-electron chi connectivity index (χ2n) is 4.96. The lowest BCUT2D eigenvalue weighted by molar-refractivity contribution is -0.121. The van der Waals surface area contributed by atoms with Crippen LogP contribution in [0.1, 0.15) is 5.56 Å². The first kappa shape index (κ1) is 17.3. The van der Waals surface area contributed by atoms with Crippen LogP contribution in [0.25, 0.3) is 6.08 Å². The summed E-state index contributed by atoms with van der Waals surface area (Å²) in [7, 11) is 4.57. The van der Waals surface area contributed by atoms with Gasteiger partial charge < -0.3 is 14.6 Å². The van der Waals surface area contributed by atoms with Crippen molar-refractivity contribution in [1.29, 1.82) is 0 Å². The number of amides is 1. The first-order valence-electron chi connectivity index (χ1n) is 7.14. The third kappa shape index (κ3) is 3.47. The molecule has 2 aromatic rings. The molecule has 0 bridgehead atoms. The number of carbonyl (C=O) groups is 1. The number of hydrogen-bond donors (Lipinski definition) is 1. The fraction of sp³-hybridized carbons (Fsp3) is 0.188. The summed E-state index contributed by atoms with van der Waals surface area (Å²) in [4.78, 5) is 22.9. The first-order chi connectivity index (χ1) is 12.0. The van der Waals surface area contributed by atoms with Crippen LogP contribution in [0.4, 0.5) is 5.13 Å². The number of aromatic nitrogens is 1. The minimum Gasteiger partial charge on any atom is -0.502 e. The lowest BCUT2D eigenvalue weighted by Crippen LogP contribution is -2.23. The van der Waals surface area contributed by atoms with Crippen LogP contribution in [0.2, 0.25) is 0 Å². The molecule has 0 radical (unpaired) electrons. The minimum atomic E-state index is -0.161. The molecule has 1 N–H and O–H groups in total. The summed E-state index contributed by atoms with van der Waals surface area (Å²) in [5, 5.41) is 13.0. The molecule has 1 fully saturated rings. The Morgan fingerprint density at radius 2 is 1.96 bits per heavy atom. The number of nitrogens with zero attached hydrogens (tertiary/aromatic N) is 3. The number of ether oxygens (including phenoxy) is 2. The van der Waals surface area contributed by atoms with Crippen LogP contribution in [-0.4, -0.2) is 47.3 Å². The SMILES string of the molecule is COc1cc(/C=C2\S/C(=N/c3nccs3)N(C)C2=O)cc(OC)c1O. The molecule has 1 aliphatic heterocycles. The molecule has 2 heterocycles. The van der Waals surface area contributed by atoms with Gasteiger partial charge in [0.2, 0.25) is 10.9 Å². The molecule has 0 saturated carbocycles. The van der Waals surface area contributed by atoms with Gasteiger partial charge in [-0.2, -0.15) is 4.99 Å². The molecule has 1 saturated heterocycles. The van der Waals surface area contributed by atoms with E-state index in [4.69, 9.17) is 9.47 Å². The molecule has 1 aliphatic rings. The van der Waals surface area contributed by atoms with E-state index in [1.165, 1.54) is 42.2 Å². The molecule has 7 nitrogen and oxygen atoms in total. The average molecular weight is 377 g/mol. The number of amidine groups is 1. The van der Waals surface area contributed by atoms with Crippen LogP contribution >= 0.6 is 23.1 Å². The van der Waals surface area contributed by atoms with Gasteiger partial charge in [0.1, 0.15) is 0 Å². The maximum Gasteiger partial charge on any atom is 0.266 e. The van der Waals surface area contributed by atoms with Crippen molar-refractivity contribution in [3.05, 3.63) is 34.2 Å². The molecule has 0 atom stereocenters. The molecular weight excluding hydrogens is 362 g/mol. The topological polar surface area (TPSA) is 84.3 Å². The van der Waals surface area contributed by atoms with Crippen molar-refractivity contribution in [1.82, 2.24) is 9.88 Å². The molecule has 3 rings (SSSR count). The highest BCUT2D eigenvalue weighted by Crippen LogP contribution is 2.39. The fourth-order valence-electron chi connectivity index (χ4n) is 2.15. The number of phenolic OH excluding ortho intramolecular Hbond substituents is 1. The van der Waals surface area contributed by atoms with Crippen LogP contribution in [0.15, 0.2) is 33.6 Å². The number of likely N-dealkylation sites (N-methyl/N-ethyl adjacent to an activating group) is 1. The molecule has 1 aromatic heterocycles. The third-order valence-electron chi connectivity index (χ3n) is 3.41. The number of rotatable bonds is 4. The number of aliphatic imine (C=N–C) groups is 1. The highest BCUT2D eigenvalue weighted by atomic mass is 32.2.